The van der Waals surface area contributed by atoms with E-state index in [1.807, 2.05) is 55.5 Å². The van der Waals surface area contributed by atoms with Gasteiger partial charge in [0.2, 0.25) is 0 Å². The third-order valence-corrected chi connectivity index (χ3v) is 8.01. The summed E-state index contributed by atoms with van der Waals surface area (Å²) in [7, 11) is 0. The van der Waals surface area contributed by atoms with E-state index < -0.39 is 18.2 Å². The topological polar surface area (TPSA) is 80.3 Å². The van der Waals surface area contributed by atoms with Crippen molar-refractivity contribution in [1.29, 1.82) is 0 Å². The maximum absolute atomic E-state index is 12.7. The fraction of sp³-hybridized carbons (Fsp3) is 0.474. The van der Waals surface area contributed by atoms with Crippen LogP contribution in [0.5, 0.6) is 17.2 Å². The molecule has 3 aromatic rings. The normalized spacial score (nSPS) is 15.7. The molecule has 4 rings (SSSR count). The summed E-state index contributed by atoms with van der Waals surface area (Å²) in [5, 5.41) is 0. The highest BCUT2D eigenvalue weighted by molar-refractivity contribution is 5.91. The van der Waals surface area contributed by atoms with Gasteiger partial charge in [-0.2, -0.15) is 0 Å². The molecule has 45 heavy (non-hydrogen) atoms. The summed E-state index contributed by atoms with van der Waals surface area (Å²) in [5.41, 5.74) is 2.44. The first kappa shape index (κ1) is 33.9. The zero-order valence-corrected chi connectivity index (χ0v) is 26.8. The van der Waals surface area contributed by atoms with E-state index in [1.165, 1.54) is 57.8 Å². The number of unbranched alkanes of at least 4 members (excludes halogenated alkanes) is 9. The first-order chi connectivity index (χ1) is 22.1. The summed E-state index contributed by atoms with van der Waals surface area (Å²) >= 11 is 0. The summed E-state index contributed by atoms with van der Waals surface area (Å²) in [5.74, 6) is 1.50. The number of rotatable bonds is 20. The summed E-state index contributed by atoms with van der Waals surface area (Å²) in [6, 6.07) is 22.2. The Morgan fingerprint density at radius 1 is 0.600 bits per heavy atom. The third-order valence-electron chi connectivity index (χ3n) is 8.01. The molecule has 0 radical (unpaired) electrons. The van der Waals surface area contributed by atoms with Crippen molar-refractivity contribution in [1.82, 2.24) is 0 Å². The van der Waals surface area contributed by atoms with Crippen LogP contribution >= 0.6 is 0 Å². The van der Waals surface area contributed by atoms with Crippen LogP contribution in [0.25, 0.3) is 11.1 Å². The second-order valence-electron chi connectivity index (χ2n) is 11.7. The SMILES string of the molecule is CCCCCCCCCCCCOc1ccc(C(=O)Oc2ccc(-c3ccc(OC[C@H]4OC(=O)O[C@H]4CCC)cc3)cc2)cc1. The maximum atomic E-state index is 12.7. The summed E-state index contributed by atoms with van der Waals surface area (Å²) in [4.78, 5) is 24.2. The molecule has 1 fully saturated rings. The van der Waals surface area contributed by atoms with E-state index in [0.29, 0.717) is 23.7 Å². The first-order valence-corrected chi connectivity index (χ1v) is 16.7. The van der Waals surface area contributed by atoms with Gasteiger partial charge in [0.1, 0.15) is 30.0 Å². The van der Waals surface area contributed by atoms with E-state index >= 15 is 0 Å². The molecule has 0 spiro atoms. The molecule has 1 saturated heterocycles. The van der Waals surface area contributed by atoms with Crippen LogP contribution in [0, 0.1) is 0 Å². The van der Waals surface area contributed by atoms with Gasteiger partial charge in [0, 0.05) is 0 Å². The molecule has 1 aliphatic heterocycles. The maximum Gasteiger partial charge on any atom is 0.509 e. The van der Waals surface area contributed by atoms with Gasteiger partial charge in [-0.1, -0.05) is 102 Å². The Hall–Kier alpha value is -4.00. The van der Waals surface area contributed by atoms with Gasteiger partial charge in [-0.15, -0.1) is 0 Å². The fourth-order valence-corrected chi connectivity index (χ4v) is 5.37. The first-order valence-electron chi connectivity index (χ1n) is 16.7. The second-order valence-corrected chi connectivity index (χ2v) is 11.7. The Morgan fingerprint density at radius 3 is 1.71 bits per heavy atom. The lowest BCUT2D eigenvalue weighted by molar-refractivity contribution is 0.0734. The molecular formula is C38H48O7. The Morgan fingerprint density at radius 2 is 1.11 bits per heavy atom. The molecule has 7 nitrogen and oxygen atoms in total. The average molecular weight is 617 g/mol. The fourth-order valence-electron chi connectivity index (χ4n) is 5.37. The van der Waals surface area contributed by atoms with E-state index in [9.17, 15) is 9.59 Å². The van der Waals surface area contributed by atoms with Crippen molar-refractivity contribution < 1.29 is 33.3 Å². The van der Waals surface area contributed by atoms with Crippen molar-refractivity contribution >= 4 is 12.1 Å². The molecule has 1 aliphatic rings. The molecule has 0 aliphatic carbocycles. The minimum absolute atomic E-state index is 0.241. The lowest BCUT2D eigenvalue weighted by Crippen LogP contribution is -2.28. The zero-order valence-electron chi connectivity index (χ0n) is 26.8. The van der Waals surface area contributed by atoms with Crippen LogP contribution < -0.4 is 14.2 Å². The number of hydrogen-bond acceptors (Lipinski definition) is 7. The molecule has 0 saturated carbocycles. The molecule has 0 amide bonds. The van der Waals surface area contributed by atoms with Crippen molar-refractivity contribution in [3.8, 4) is 28.4 Å². The van der Waals surface area contributed by atoms with Crippen molar-refractivity contribution in [2.45, 2.75) is 103 Å². The molecular weight excluding hydrogens is 568 g/mol. The molecule has 7 heteroatoms. The minimum Gasteiger partial charge on any atom is -0.494 e. The molecule has 3 aromatic carbocycles. The number of ether oxygens (including phenoxy) is 5. The predicted molar refractivity (Wildman–Crippen MR) is 176 cm³/mol. The van der Waals surface area contributed by atoms with Gasteiger partial charge in [-0.25, -0.2) is 9.59 Å². The Balaban J connectivity index is 1.14. The van der Waals surface area contributed by atoms with Crippen LogP contribution in [0.1, 0.15) is 101 Å². The van der Waals surface area contributed by atoms with E-state index in [-0.39, 0.29) is 12.7 Å². The number of esters is 1. The Kier molecular flexibility index (Phi) is 14.1. The zero-order chi connectivity index (χ0) is 31.7. The largest absolute Gasteiger partial charge is 0.509 e. The van der Waals surface area contributed by atoms with Crippen LogP contribution in [-0.4, -0.2) is 37.5 Å². The van der Waals surface area contributed by atoms with Crippen LogP contribution in [0.2, 0.25) is 0 Å². The van der Waals surface area contributed by atoms with Crippen molar-refractivity contribution in [3.05, 3.63) is 78.4 Å². The van der Waals surface area contributed by atoms with Crippen LogP contribution in [0.4, 0.5) is 4.79 Å². The lowest BCUT2D eigenvalue weighted by atomic mass is 10.1. The minimum atomic E-state index is -0.635. The van der Waals surface area contributed by atoms with Crippen LogP contribution in [-0.2, 0) is 9.47 Å². The summed E-state index contributed by atoms with van der Waals surface area (Å²) < 4.78 is 27.7. The number of cyclic esters (lactones) is 2. The predicted octanol–water partition coefficient (Wildman–Crippen LogP) is 9.96. The van der Waals surface area contributed by atoms with Gasteiger partial charge in [-0.05, 0) is 72.5 Å². The number of benzene rings is 3. The number of carbonyl (C=O) groups is 2. The smallest absolute Gasteiger partial charge is 0.494 e. The number of hydrogen-bond donors (Lipinski definition) is 0. The van der Waals surface area contributed by atoms with Gasteiger partial charge < -0.3 is 23.7 Å². The molecule has 0 aromatic heterocycles. The van der Waals surface area contributed by atoms with Gasteiger partial charge >= 0.3 is 12.1 Å². The van der Waals surface area contributed by atoms with Gasteiger partial charge in [0.05, 0.1) is 12.2 Å². The third kappa shape index (κ3) is 11.5. The molecule has 242 valence electrons. The summed E-state index contributed by atoms with van der Waals surface area (Å²) in [6.45, 7) is 5.22. The Bertz CT molecular complexity index is 1290. The van der Waals surface area contributed by atoms with E-state index in [2.05, 4.69) is 6.92 Å². The van der Waals surface area contributed by atoms with E-state index in [1.54, 1.807) is 24.3 Å². The van der Waals surface area contributed by atoms with Gasteiger partial charge in [0.15, 0.2) is 6.10 Å². The van der Waals surface area contributed by atoms with Crippen LogP contribution in [0.3, 0.4) is 0 Å². The van der Waals surface area contributed by atoms with Gasteiger partial charge in [0.25, 0.3) is 0 Å². The van der Waals surface area contributed by atoms with Crippen LogP contribution in [0.15, 0.2) is 72.8 Å². The van der Waals surface area contributed by atoms with Gasteiger partial charge in [-0.3, -0.25) is 0 Å². The van der Waals surface area contributed by atoms with Crippen molar-refractivity contribution in [2.75, 3.05) is 13.2 Å². The second kappa shape index (κ2) is 18.7. The van der Waals surface area contributed by atoms with E-state index in [0.717, 1.165) is 36.1 Å². The Labute approximate surface area is 268 Å². The van der Waals surface area contributed by atoms with E-state index in [4.69, 9.17) is 23.7 Å². The molecule has 0 bridgehead atoms. The lowest BCUT2D eigenvalue weighted by Gasteiger charge is -2.15. The standard InChI is InChI=1S/C38H48O7/c1-3-5-6-7-8-9-10-11-12-13-27-41-32-23-19-31(20-24-32)37(39)43-34-25-17-30(18-26-34)29-15-21-33(22-16-29)42-28-36-35(14-4-2)44-38(40)45-36/h15-26,35-36H,3-14,27-28H2,1-2H3/t35-,36+/m0/s1. The quantitative estimate of drug-likeness (QED) is 0.0710. The molecule has 0 unspecified atom stereocenters. The highest BCUT2D eigenvalue weighted by atomic mass is 16.8. The molecule has 1 heterocycles. The molecule has 0 N–H and O–H groups in total. The van der Waals surface area contributed by atoms with Crippen molar-refractivity contribution in [2.24, 2.45) is 0 Å². The highest BCUT2D eigenvalue weighted by Gasteiger charge is 2.36. The van der Waals surface area contributed by atoms with Crippen molar-refractivity contribution in [3.63, 3.8) is 0 Å². The average Bonchev–Trinajstić information content (AvgIpc) is 3.42. The molecule has 2 atom stereocenters. The summed E-state index contributed by atoms with van der Waals surface area (Å²) in [6.07, 6.45) is 13.3. The number of carbonyl (C=O) groups excluding carboxylic acids is 2. The highest BCUT2D eigenvalue weighted by Crippen LogP contribution is 2.26. The monoisotopic (exact) mass is 616 g/mol.